The van der Waals surface area contributed by atoms with Crippen LogP contribution in [-0.4, -0.2) is 31.2 Å². The van der Waals surface area contributed by atoms with Crippen molar-refractivity contribution in [3.8, 4) is 0 Å². The fourth-order valence-electron chi connectivity index (χ4n) is 2.49. The molecule has 0 saturated carbocycles. The molecular formula is C17H26N2O2. The van der Waals surface area contributed by atoms with Crippen molar-refractivity contribution in [1.29, 1.82) is 0 Å². The third kappa shape index (κ3) is 5.38. The smallest absolute Gasteiger partial charge is 0.320 e. The van der Waals surface area contributed by atoms with Gasteiger partial charge in [0.2, 0.25) is 0 Å². The van der Waals surface area contributed by atoms with E-state index in [-0.39, 0.29) is 12.5 Å². The van der Waals surface area contributed by atoms with E-state index in [2.05, 4.69) is 34.5 Å². The summed E-state index contributed by atoms with van der Waals surface area (Å²) >= 11 is 0. The minimum absolute atomic E-state index is 0.212. The number of anilines is 1. The fourth-order valence-corrected chi connectivity index (χ4v) is 2.49. The van der Waals surface area contributed by atoms with Crippen LogP contribution in [0.15, 0.2) is 24.3 Å². The zero-order valence-corrected chi connectivity index (χ0v) is 13.3. The van der Waals surface area contributed by atoms with Gasteiger partial charge >= 0.3 is 5.97 Å². The lowest BCUT2D eigenvalue weighted by Crippen LogP contribution is -2.31. The number of esters is 1. The summed E-state index contributed by atoms with van der Waals surface area (Å²) in [6.45, 7) is 8.88. The molecule has 0 bridgehead atoms. The van der Waals surface area contributed by atoms with Crippen molar-refractivity contribution >= 4 is 11.7 Å². The van der Waals surface area contributed by atoms with Crippen LogP contribution in [0.2, 0.25) is 0 Å². The number of rotatable bonds is 5. The van der Waals surface area contributed by atoms with Gasteiger partial charge in [0.05, 0.1) is 6.54 Å². The average molecular weight is 290 g/mol. The molecule has 0 aromatic heterocycles. The molecule has 0 atom stereocenters. The normalized spacial score (nSPS) is 15.3. The van der Waals surface area contributed by atoms with Crippen molar-refractivity contribution < 1.29 is 9.53 Å². The number of benzene rings is 1. The lowest BCUT2D eigenvalue weighted by Gasteiger charge is -2.19. The molecule has 21 heavy (non-hydrogen) atoms. The molecule has 1 N–H and O–H groups in total. The second-order valence-corrected chi connectivity index (χ2v) is 6.55. The molecule has 1 fully saturated rings. The summed E-state index contributed by atoms with van der Waals surface area (Å²) in [6.07, 6.45) is 2.58. The van der Waals surface area contributed by atoms with Crippen molar-refractivity contribution in [2.24, 2.45) is 0 Å². The van der Waals surface area contributed by atoms with Gasteiger partial charge in [0, 0.05) is 25.3 Å². The molecule has 1 aromatic rings. The molecule has 0 spiro atoms. The van der Waals surface area contributed by atoms with Crippen LogP contribution in [0.4, 0.5) is 5.69 Å². The van der Waals surface area contributed by atoms with Gasteiger partial charge in [0.15, 0.2) is 0 Å². The molecule has 0 radical (unpaired) electrons. The predicted molar refractivity (Wildman–Crippen MR) is 85.4 cm³/mol. The van der Waals surface area contributed by atoms with E-state index in [1.54, 1.807) is 0 Å². The predicted octanol–water partition coefficient (Wildman–Crippen LogP) is 2.72. The van der Waals surface area contributed by atoms with Crippen LogP contribution in [0.25, 0.3) is 0 Å². The fraction of sp³-hybridized carbons (Fsp3) is 0.588. The molecule has 1 aliphatic heterocycles. The van der Waals surface area contributed by atoms with E-state index in [1.807, 2.05) is 20.8 Å². The number of nitrogens with one attached hydrogen (secondary N) is 1. The third-order valence-electron chi connectivity index (χ3n) is 3.43. The monoisotopic (exact) mass is 290 g/mol. The summed E-state index contributed by atoms with van der Waals surface area (Å²) in [5, 5.41) is 3.12. The quantitative estimate of drug-likeness (QED) is 0.847. The largest absolute Gasteiger partial charge is 0.459 e. The second-order valence-electron chi connectivity index (χ2n) is 6.55. The lowest BCUT2D eigenvalue weighted by atomic mass is 10.2. The van der Waals surface area contributed by atoms with Crippen molar-refractivity contribution in [3.63, 3.8) is 0 Å². The van der Waals surface area contributed by atoms with Crippen LogP contribution in [0.3, 0.4) is 0 Å². The zero-order valence-electron chi connectivity index (χ0n) is 13.3. The molecule has 0 aliphatic carbocycles. The molecule has 0 unspecified atom stereocenters. The van der Waals surface area contributed by atoms with Crippen molar-refractivity contribution in [3.05, 3.63) is 29.8 Å². The Morgan fingerprint density at radius 2 is 1.81 bits per heavy atom. The van der Waals surface area contributed by atoms with Gasteiger partial charge in [-0.3, -0.25) is 4.79 Å². The van der Waals surface area contributed by atoms with E-state index < -0.39 is 5.60 Å². The van der Waals surface area contributed by atoms with E-state index in [0.29, 0.717) is 6.54 Å². The second kappa shape index (κ2) is 6.94. The standard InChI is InChI=1S/C17H26N2O2/c1-17(2,3)21-16(20)13-18-12-14-6-8-15(9-7-14)19-10-4-5-11-19/h6-9,18H,4-5,10-13H2,1-3H3. The van der Waals surface area contributed by atoms with Gasteiger partial charge in [-0.05, 0) is 51.3 Å². The molecule has 2 rings (SSSR count). The summed E-state index contributed by atoms with van der Waals surface area (Å²) in [7, 11) is 0. The molecule has 1 saturated heterocycles. The van der Waals surface area contributed by atoms with Gasteiger partial charge in [-0.15, -0.1) is 0 Å². The first-order valence-electron chi connectivity index (χ1n) is 7.70. The SMILES string of the molecule is CC(C)(C)OC(=O)CNCc1ccc(N2CCCC2)cc1. The van der Waals surface area contributed by atoms with Crippen LogP contribution in [-0.2, 0) is 16.1 Å². The van der Waals surface area contributed by atoms with Gasteiger partial charge in [-0.1, -0.05) is 12.1 Å². The number of ether oxygens (including phenoxy) is 1. The number of hydrogen-bond acceptors (Lipinski definition) is 4. The van der Waals surface area contributed by atoms with E-state index in [4.69, 9.17) is 4.74 Å². The maximum atomic E-state index is 11.6. The molecule has 0 amide bonds. The van der Waals surface area contributed by atoms with Crippen LogP contribution in [0.1, 0.15) is 39.2 Å². The molecule has 4 heteroatoms. The van der Waals surface area contributed by atoms with Gasteiger partial charge in [-0.2, -0.15) is 0 Å². The Bertz CT molecular complexity index is 457. The maximum absolute atomic E-state index is 11.6. The summed E-state index contributed by atoms with van der Waals surface area (Å²) < 4.78 is 5.25. The highest BCUT2D eigenvalue weighted by Crippen LogP contribution is 2.20. The number of carbonyl (C=O) groups is 1. The van der Waals surface area contributed by atoms with Gasteiger partial charge < -0.3 is 15.0 Å². The summed E-state index contributed by atoms with van der Waals surface area (Å²) in [6, 6.07) is 8.57. The van der Waals surface area contributed by atoms with Crippen LogP contribution < -0.4 is 10.2 Å². The number of nitrogens with zero attached hydrogens (tertiary/aromatic N) is 1. The summed E-state index contributed by atoms with van der Waals surface area (Å²) in [5.74, 6) is -0.212. The Balaban J connectivity index is 1.75. The number of hydrogen-bond donors (Lipinski definition) is 1. The van der Waals surface area contributed by atoms with Crippen LogP contribution >= 0.6 is 0 Å². The molecular weight excluding hydrogens is 264 g/mol. The first-order valence-corrected chi connectivity index (χ1v) is 7.70. The van der Waals surface area contributed by atoms with Gasteiger partial charge in [-0.25, -0.2) is 0 Å². The Morgan fingerprint density at radius 1 is 1.19 bits per heavy atom. The third-order valence-corrected chi connectivity index (χ3v) is 3.43. The minimum atomic E-state index is -0.420. The molecule has 1 heterocycles. The Hall–Kier alpha value is -1.55. The van der Waals surface area contributed by atoms with Crippen molar-refractivity contribution in [2.75, 3.05) is 24.5 Å². The van der Waals surface area contributed by atoms with E-state index in [1.165, 1.54) is 24.1 Å². The van der Waals surface area contributed by atoms with Crippen molar-refractivity contribution in [2.45, 2.75) is 45.8 Å². The topological polar surface area (TPSA) is 41.6 Å². The molecule has 4 nitrogen and oxygen atoms in total. The highest BCUT2D eigenvalue weighted by atomic mass is 16.6. The molecule has 1 aromatic carbocycles. The maximum Gasteiger partial charge on any atom is 0.320 e. The highest BCUT2D eigenvalue weighted by Gasteiger charge is 2.15. The Morgan fingerprint density at radius 3 is 2.38 bits per heavy atom. The van der Waals surface area contributed by atoms with Gasteiger partial charge in [0.1, 0.15) is 5.60 Å². The minimum Gasteiger partial charge on any atom is -0.459 e. The first kappa shape index (κ1) is 15.8. The summed E-state index contributed by atoms with van der Waals surface area (Å²) in [4.78, 5) is 14.0. The molecule has 1 aliphatic rings. The Labute approximate surface area is 127 Å². The molecule has 116 valence electrons. The zero-order chi connectivity index (χ0) is 15.3. The average Bonchev–Trinajstić information content (AvgIpc) is 2.91. The van der Waals surface area contributed by atoms with E-state index >= 15 is 0 Å². The van der Waals surface area contributed by atoms with Crippen LogP contribution in [0.5, 0.6) is 0 Å². The lowest BCUT2D eigenvalue weighted by molar-refractivity contribution is -0.153. The highest BCUT2D eigenvalue weighted by molar-refractivity contribution is 5.72. The number of carbonyl (C=O) groups excluding carboxylic acids is 1. The Kier molecular flexibility index (Phi) is 5.23. The van der Waals surface area contributed by atoms with E-state index in [0.717, 1.165) is 13.1 Å². The van der Waals surface area contributed by atoms with Crippen molar-refractivity contribution in [1.82, 2.24) is 5.32 Å². The first-order chi connectivity index (χ1) is 9.94. The van der Waals surface area contributed by atoms with Gasteiger partial charge in [0.25, 0.3) is 0 Å². The summed E-state index contributed by atoms with van der Waals surface area (Å²) in [5.41, 5.74) is 2.06. The van der Waals surface area contributed by atoms with Crippen LogP contribution in [0, 0.1) is 0 Å². The van der Waals surface area contributed by atoms with E-state index in [9.17, 15) is 4.79 Å².